The molecule has 1 fully saturated rings. The molecular weight excluding hydrogens is 220 g/mol. The smallest absolute Gasteiger partial charge is 0.310 e. The summed E-state index contributed by atoms with van der Waals surface area (Å²) in [7, 11) is 1.37. The first kappa shape index (κ1) is 14.0. The summed E-state index contributed by atoms with van der Waals surface area (Å²) in [6, 6.07) is 0. The fourth-order valence-electron chi connectivity index (χ4n) is 2.24. The number of esters is 2. The Bertz CT molecular complexity index is 325. The Labute approximate surface area is 103 Å². The fourth-order valence-corrected chi connectivity index (χ4v) is 2.24. The highest BCUT2D eigenvalue weighted by atomic mass is 16.6. The highest BCUT2D eigenvalue weighted by molar-refractivity contribution is 5.82. The van der Waals surface area contributed by atoms with E-state index >= 15 is 0 Å². The van der Waals surface area contributed by atoms with Gasteiger partial charge in [0.1, 0.15) is 5.60 Å². The Hall–Kier alpha value is -1.06. The van der Waals surface area contributed by atoms with Crippen LogP contribution in [0.25, 0.3) is 0 Å². The summed E-state index contributed by atoms with van der Waals surface area (Å²) >= 11 is 0. The van der Waals surface area contributed by atoms with Crippen LogP contribution in [-0.2, 0) is 19.1 Å². The quantitative estimate of drug-likeness (QED) is 0.696. The molecule has 0 N–H and O–H groups in total. The normalized spacial score (nSPS) is 26.9. The van der Waals surface area contributed by atoms with Gasteiger partial charge in [0, 0.05) is 0 Å². The predicted molar refractivity (Wildman–Crippen MR) is 63.2 cm³/mol. The first-order valence-corrected chi connectivity index (χ1v) is 5.90. The lowest BCUT2D eigenvalue weighted by Crippen LogP contribution is -2.53. The molecule has 0 saturated heterocycles. The van der Waals surface area contributed by atoms with E-state index in [4.69, 9.17) is 9.47 Å². The summed E-state index contributed by atoms with van der Waals surface area (Å²) in [5.74, 6) is -0.881. The Morgan fingerprint density at radius 2 is 1.59 bits per heavy atom. The van der Waals surface area contributed by atoms with Crippen molar-refractivity contribution < 1.29 is 19.1 Å². The molecule has 98 valence electrons. The Kier molecular flexibility index (Phi) is 3.55. The van der Waals surface area contributed by atoms with Gasteiger partial charge in [-0.25, -0.2) is 0 Å². The molecule has 1 rings (SSSR count). The highest BCUT2D eigenvalue weighted by Gasteiger charge is 2.56. The van der Waals surface area contributed by atoms with Gasteiger partial charge in [-0.3, -0.25) is 9.59 Å². The molecule has 0 aliphatic heterocycles. The average Bonchev–Trinajstić information content (AvgIpc) is 2.12. The zero-order chi connectivity index (χ0) is 13.4. The van der Waals surface area contributed by atoms with Gasteiger partial charge in [-0.1, -0.05) is 13.8 Å². The van der Waals surface area contributed by atoms with E-state index < -0.39 is 5.60 Å². The van der Waals surface area contributed by atoms with Gasteiger partial charge in [-0.05, 0) is 32.6 Å². The van der Waals surface area contributed by atoms with Crippen molar-refractivity contribution in [2.45, 2.75) is 46.6 Å². The minimum atomic E-state index is -0.483. The maximum Gasteiger partial charge on any atom is 0.310 e. The summed E-state index contributed by atoms with van der Waals surface area (Å²) in [6.07, 6.45) is 0.522. The van der Waals surface area contributed by atoms with Gasteiger partial charge in [0.2, 0.25) is 0 Å². The number of ether oxygens (including phenoxy) is 2. The van der Waals surface area contributed by atoms with Crippen molar-refractivity contribution in [1.29, 1.82) is 0 Å². The molecule has 1 aliphatic carbocycles. The van der Waals surface area contributed by atoms with Crippen molar-refractivity contribution >= 4 is 11.9 Å². The lowest BCUT2D eigenvalue weighted by atomic mass is 9.54. The summed E-state index contributed by atoms with van der Waals surface area (Å²) in [6.45, 7) is 9.34. The van der Waals surface area contributed by atoms with Crippen LogP contribution in [0.1, 0.15) is 41.0 Å². The van der Waals surface area contributed by atoms with Gasteiger partial charge in [0.15, 0.2) is 0 Å². The third kappa shape index (κ3) is 2.79. The second-order valence-corrected chi connectivity index (χ2v) is 6.22. The molecule has 0 unspecified atom stereocenters. The molecule has 0 aromatic rings. The summed E-state index contributed by atoms with van der Waals surface area (Å²) in [5.41, 5.74) is -0.862. The zero-order valence-corrected chi connectivity index (χ0v) is 11.5. The Morgan fingerprint density at radius 1 is 1.12 bits per heavy atom. The number of rotatable bonds is 2. The molecule has 0 spiro atoms. The van der Waals surface area contributed by atoms with Crippen molar-refractivity contribution in [2.75, 3.05) is 7.11 Å². The van der Waals surface area contributed by atoms with Crippen LogP contribution in [0.15, 0.2) is 0 Å². The molecule has 0 radical (unpaired) electrons. The monoisotopic (exact) mass is 242 g/mol. The minimum Gasteiger partial charge on any atom is -0.469 e. The third-order valence-electron chi connectivity index (χ3n) is 3.44. The molecule has 0 amide bonds. The van der Waals surface area contributed by atoms with Crippen molar-refractivity contribution in [3.8, 4) is 0 Å². The van der Waals surface area contributed by atoms with Crippen LogP contribution in [0, 0.1) is 17.3 Å². The molecule has 0 bridgehead atoms. The van der Waals surface area contributed by atoms with Crippen molar-refractivity contribution in [3.05, 3.63) is 0 Å². The van der Waals surface area contributed by atoms with E-state index in [1.54, 1.807) is 0 Å². The van der Waals surface area contributed by atoms with E-state index in [9.17, 15) is 9.59 Å². The SMILES string of the molecule is COC(=O)[C@H]1C[C@H](C(=O)OC(C)(C)C)C1(C)C. The topological polar surface area (TPSA) is 52.6 Å². The maximum absolute atomic E-state index is 11.9. The maximum atomic E-state index is 11.9. The number of carbonyl (C=O) groups is 2. The zero-order valence-electron chi connectivity index (χ0n) is 11.5. The molecule has 4 heteroatoms. The van der Waals surface area contributed by atoms with Crippen LogP contribution in [0.2, 0.25) is 0 Å². The first-order valence-electron chi connectivity index (χ1n) is 5.90. The van der Waals surface area contributed by atoms with Gasteiger partial charge in [-0.15, -0.1) is 0 Å². The summed E-state index contributed by atoms with van der Waals surface area (Å²) in [5, 5.41) is 0. The third-order valence-corrected chi connectivity index (χ3v) is 3.44. The van der Waals surface area contributed by atoms with Gasteiger partial charge in [-0.2, -0.15) is 0 Å². The van der Waals surface area contributed by atoms with Crippen LogP contribution in [0.4, 0.5) is 0 Å². The minimum absolute atomic E-state index is 0.204. The number of hydrogen-bond donors (Lipinski definition) is 0. The molecule has 17 heavy (non-hydrogen) atoms. The van der Waals surface area contributed by atoms with Crippen molar-refractivity contribution in [2.24, 2.45) is 17.3 Å². The number of carbonyl (C=O) groups excluding carboxylic acids is 2. The molecule has 4 nitrogen and oxygen atoms in total. The van der Waals surface area contributed by atoms with Crippen LogP contribution in [0.5, 0.6) is 0 Å². The van der Waals surface area contributed by atoms with E-state index in [2.05, 4.69) is 0 Å². The standard InChI is InChI=1S/C13H22O4/c1-12(2,3)17-11(15)9-7-8(10(14)16-6)13(9,4)5/h8-9H,7H2,1-6H3/t8-,9-/m1/s1. The van der Waals surface area contributed by atoms with Crippen LogP contribution in [0.3, 0.4) is 0 Å². The van der Waals surface area contributed by atoms with Gasteiger partial charge in [0.25, 0.3) is 0 Å². The molecule has 2 atom stereocenters. The van der Waals surface area contributed by atoms with E-state index in [0.717, 1.165) is 0 Å². The molecule has 0 aromatic heterocycles. The van der Waals surface area contributed by atoms with E-state index in [1.165, 1.54) is 7.11 Å². The lowest BCUT2D eigenvalue weighted by molar-refractivity contribution is -0.184. The molecule has 0 aromatic carbocycles. The molecule has 0 heterocycles. The predicted octanol–water partition coefficient (Wildman–Crippen LogP) is 2.16. The Balaban J connectivity index is 2.67. The lowest BCUT2D eigenvalue weighted by Gasteiger charge is -2.49. The molecule has 1 aliphatic rings. The second kappa shape index (κ2) is 4.31. The van der Waals surface area contributed by atoms with Crippen LogP contribution >= 0.6 is 0 Å². The summed E-state index contributed by atoms with van der Waals surface area (Å²) in [4.78, 5) is 23.4. The van der Waals surface area contributed by atoms with E-state index in [1.807, 2.05) is 34.6 Å². The number of methoxy groups -OCH3 is 1. The van der Waals surface area contributed by atoms with E-state index in [-0.39, 0.29) is 29.2 Å². The van der Waals surface area contributed by atoms with Gasteiger partial charge < -0.3 is 9.47 Å². The number of hydrogen-bond acceptors (Lipinski definition) is 4. The van der Waals surface area contributed by atoms with Crippen LogP contribution < -0.4 is 0 Å². The second-order valence-electron chi connectivity index (χ2n) is 6.22. The highest BCUT2D eigenvalue weighted by Crippen LogP contribution is 2.52. The summed E-state index contributed by atoms with van der Waals surface area (Å²) < 4.78 is 10.1. The average molecular weight is 242 g/mol. The van der Waals surface area contributed by atoms with Crippen molar-refractivity contribution in [1.82, 2.24) is 0 Å². The molecule has 1 saturated carbocycles. The largest absolute Gasteiger partial charge is 0.469 e. The van der Waals surface area contributed by atoms with Gasteiger partial charge >= 0.3 is 11.9 Å². The van der Waals surface area contributed by atoms with Crippen LogP contribution in [-0.4, -0.2) is 24.6 Å². The van der Waals surface area contributed by atoms with Crippen molar-refractivity contribution in [3.63, 3.8) is 0 Å². The van der Waals surface area contributed by atoms with Gasteiger partial charge in [0.05, 0.1) is 18.9 Å². The molecular formula is C13H22O4. The first-order chi connectivity index (χ1) is 7.59. The Morgan fingerprint density at radius 3 is 1.94 bits per heavy atom. The van der Waals surface area contributed by atoms with E-state index in [0.29, 0.717) is 6.42 Å². The fraction of sp³-hybridized carbons (Fsp3) is 0.846.